The number of nitrogens with zero attached hydrogens (tertiary/aromatic N) is 1. The Balaban J connectivity index is 1.41. The second-order valence-corrected chi connectivity index (χ2v) is 9.77. The number of amides is 2. The van der Waals surface area contributed by atoms with E-state index in [2.05, 4.69) is 34.1 Å². The van der Waals surface area contributed by atoms with Crippen LogP contribution < -0.4 is 19.5 Å². The summed E-state index contributed by atoms with van der Waals surface area (Å²) in [6, 6.07) is 9.08. The summed E-state index contributed by atoms with van der Waals surface area (Å²) in [6.45, 7) is 1.01. The van der Waals surface area contributed by atoms with E-state index in [4.69, 9.17) is 9.47 Å². The number of nitrogens with one attached hydrogen (secondary N) is 2. The molecule has 0 spiro atoms. The molecule has 33 heavy (non-hydrogen) atoms. The van der Waals surface area contributed by atoms with E-state index in [1.165, 1.54) is 23.6 Å². The molecule has 3 unspecified atom stereocenters. The number of hydrogen-bond acceptors (Lipinski definition) is 5. The van der Waals surface area contributed by atoms with E-state index in [0.717, 1.165) is 55.9 Å². The van der Waals surface area contributed by atoms with Gasteiger partial charge in [-0.3, -0.25) is 4.72 Å². The van der Waals surface area contributed by atoms with Crippen molar-refractivity contribution in [2.24, 2.45) is 0 Å². The molecule has 2 amide bonds. The first kappa shape index (κ1) is 23.6. The smallest absolute Gasteiger partial charge is 0.329 e. The van der Waals surface area contributed by atoms with Crippen LogP contribution in [0.5, 0.6) is 11.5 Å². The third-order valence-electron chi connectivity index (χ3n) is 6.94. The second-order valence-electron chi connectivity index (χ2n) is 8.67. The number of anilines is 1. The summed E-state index contributed by atoms with van der Waals surface area (Å²) in [5.41, 5.74) is 1.24. The predicted molar refractivity (Wildman–Crippen MR) is 126 cm³/mol. The summed E-state index contributed by atoms with van der Waals surface area (Å²) in [4.78, 5) is 14.7. The zero-order valence-electron chi connectivity index (χ0n) is 19.0. The van der Waals surface area contributed by atoms with E-state index < -0.39 is 17.7 Å². The van der Waals surface area contributed by atoms with Crippen LogP contribution in [-0.4, -0.2) is 50.0 Å². The van der Waals surface area contributed by atoms with Crippen molar-refractivity contribution in [2.75, 3.05) is 33.1 Å². The Morgan fingerprint density at radius 3 is 2.64 bits per heavy atom. The Morgan fingerprint density at radius 2 is 1.91 bits per heavy atom. The number of likely N-dealkylation sites (tertiary alicyclic amines) is 1. The van der Waals surface area contributed by atoms with Gasteiger partial charge in [-0.1, -0.05) is 6.07 Å². The standard InChI is InChI=1S/C24H29F2N3O3S/c1-29-11-10-24(15-4-7-20(31-2)21(12-15)32-3)9-8-17(14-22(24)29)33-28-23(30)27-19-6-5-16(25)13-18(19)26/h4-7,12-13,17,22H,8-11,14H2,1-3H3,(H2,27,28,30). The summed E-state index contributed by atoms with van der Waals surface area (Å²) < 4.78 is 40.6. The summed E-state index contributed by atoms with van der Waals surface area (Å²) in [7, 11) is 5.44. The van der Waals surface area contributed by atoms with Crippen LogP contribution in [0.3, 0.4) is 0 Å². The Labute approximate surface area is 197 Å². The molecule has 1 heterocycles. The topological polar surface area (TPSA) is 62.8 Å². The van der Waals surface area contributed by atoms with Crippen LogP contribution in [0.25, 0.3) is 0 Å². The van der Waals surface area contributed by atoms with Gasteiger partial charge in [0.1, 0.15) is 11.6 Å². The third kappa shape index (κ3) is 4.75. The number of carbonyl (C=O) groups is 1. The minimum absolute atomic E-state index is 0.0326. The van der Waals surface area contributed by atoms with Crippen molar-refractivity contribution in [1.29, 1.82) is 0 Å². The number of benzene rings is 2. The maximum Gasteiger partial charge on any atom is 0.329 e. The molecule has 9 heteroatoms. The molecule has 1 aliphatic carbocycles. The van der Waals surface area contributed by atoms with Gasteiger partial charge in [0.15, 0.2) is 11.5 Å². The third-order valence-corrected chi connectivity index (χ3v) is 8.00. The zero-order valence-corrected chi connectivity index (χ0v) is 19.8. The molecule has 0 aromatic heterocycles. The fourth-order valence-corrected chi connectivity index (χ4v) is 6.05. The van der Waals surface area contributed by atoms with Gasteiger partial charge in [0.05, 0.1) is 19.9 Å². The maximum atomic E-state index is 13.8. The molecule has 1 saturated carbocycles. The summed E-state index contributed by atoms with van der Waals surface area (Å²) in [5.74, 6) is -0.0353. The number of hydrogen-bond donors (Lipinski definition) is 2. The van der Waals surface area contributed by atoms with E-state index in [1.807, 2.05) is 6.07 Å². The molecule has 6 nitrogen and oxygen atoms in total. The van der Waals surface area contributed by atoms with Crippen molar-refractivity contribution in [3.63, 3.8) is 0 Å². The molecule has 0 radical (unpaired) electrons. The van der Waals surface area contributed by atoms with Gasteiger partial charge >= 0.3 is 6.03 Å². The predicted octanol–water partition coefficient (Wildman–Crippen LogP) is 4.95. The SMILES string of the molecule is COc1ccc(C23CCC(SNC(=O)Nc4ccc(F)cc4F)CC2N(C)CC3)cc1OC. The van der Waals surface area contributed by atoms with Crippen LogP contribution in [0.15, 0.2) is 36.4 Å². The molecule has 2 fully saturated rings. The molecule has 2 aromatic rings. The molecular formula is C24H29F2N3O3S. The number of methoxy groups -OCH3 is 2. The van der Waals surface area contributed by atoms with Crippen molar-refractivity contribution in [2.45, 2.75) is 42.4 Å². The highest BCUT2D eigenvalue weighted by atomic mass is 32.2. The lowest BCUT2D eigenvalue weighted by atomic mass is 9.66. The van der Waals surface area contributed by atoms with Crippen LogP contribution in [0.4, 0.5) is 19.3 Å². The Morgan fingerprint density at radius 1 is 1.12 bits per heavy atom. The van der Waals surface area contributed by atoms with E-state index in [0.29, 0.717) is 6.04 Å². The molecule has 4 rings (SSSR count). The number of fused-ring (bicyclic) bond motifs is 1. The van der Waals surface area contributed by atoms with Crippen LogP contribution in [0.1, 0.15) is 31.2 Å². The molecule has 1 aliphatic heterocycles. The van der Waals surface area contributed by atoms with Crippen molar-refractivity contribution in [1.82, 2.24) is 9.62 Å². The summed E-state index contributed by atoms with van der Waals surface area (Å²) in [5, 5.41) is 2.67. The Bertz CT molecular complexity index is 1020. The number of carbonyl (C=O) groups excluding carboxylic acids is 1. The lowest BCUT2D eigenvalue weighted by Crippen LogP contribution is -2.47. The van der Waals surface area contributed by atoms with Gasteiger partial charge in [0, 0.05) is 22.8 Å². The molecule has 2 N–H and O–H groups in total. The number of urea groups is 1. The van der Waals surface area contributed by atoms with Gasteiger partial charge in [-0.25, -0.2) is 13.6 Å². The largest absolute Gasteiger partial charge is 0.493 e. The second kappa shape index (κ2) is 9.77. The van der Waals surface area contributed by atoms with Crippen LogP contribution >= 0.6 is 11.9 Å². The highest BCUT2D eigenvalue weighted by Crippen LogP contribution is 2.51. The number of ether oxygens (including phenoxy) is 2. The molecule has 2 aliphatic rings. The molecule has 178 valence electrons. The summed E-state index contributed by atoms with van der Waals surface area (Å²) in [6.07, 6.45) is 3.92. The van der Waals surface area contributed by atoms with Gasteiger partial charge in [-0.15, -0.1) is 0 Å². The lowest BCUT2D eigenvalue weighted by molar-refractivity contribution is 0.185. The van der Waals surface area contributed by atoms with E-state index in [1.54, 1.807) is 14.2 Å². The van der Waals surface area contributed by atoms with Crippen LogP contribution in [0, 0.1) is 11.6 Å². The highest BCUT2D eigenvalue weighted by molar-refractivity contribution is 7.98. The van der Waals surface area contributed by atoms with Crippen LogP contribution in [0.2, 0.25) is 0 Å². The van der Waals surface area contributed by atoms with Gasteiger partial charge in [0.2, 0.25) is 0 Å². The monoisotopic (exact) mass is 477 g/mol. The number of likely N-dealkylation sites (N-methyl/N-ethyl adjacent to an activating group) is 1. The number of halogens is 2. The van der Waals surface area contributed by atoms with E-state index in [-0.39, 0.29) is 16.4 Å². The van der Waals surface area contributed by atoms with E-state index >= 15 is 0 Å². The maximum absolute atomic E-state index is 13.8. The zero-order chi connectivity index (χ0) is 23.6. The minimum atomic E-state index is -0.805. The van der Waals surface area contributed by atoms with Gasteiger partial charge in [-0.05, 0) is 81.1 Å². The first-order valence-electron chi connectivity index (χ1n) is 11.0. The van der Waals surface area contributed by atoms with Crippen molar-refractivity contribution >= 4 is 23.7 Å². The quantitative estimate of drug-likeness (QED) is 0.577. The minimum Gasteiger partial charge on any atom is -0.493 e. The fraction of sp³-hybridized carbons (Fsp3) is 0.458. The average molecular weight is 478 g/mol. The number of rotatable bonds is 6. The van der Waals surface area contributed by atoms with Gasteiger partial charge in [-0.2, -0.15) is 0 Å². The first-order valence-corrected chi connectivity index (χ1v) is 11.8. The van der Waals surface area contributed by atoms with E-state index in [9.17, 15) is 13.6 Å². The summed E-state index contributed by atoms with van der Waals surface area (Å²) >= 11 is 1.36. The molecule has 0 bridgehead atoms. The molecule has 3 atom stereocenters. The normalized spacial score (nSPS) is 24.8. The molecular weight excluding hydrogens is 448 g/mol. The first-order chi connectivity index (χ1) is 15.9. The van der Waals surface area contributed by atoms with Crippen LogP contribution in [-0.2, 0) is 5.41 Å². The van der Waals surface area contributed by atoms with Gasteiger partial charge < -0.3 is 19.7 Å². The lowest BCUT2D eigenvalue weighted by Gasteiger charge is -2.44. The van der Waals surface area contributed by atoms with Crippen molar-refractivity contribution in [3.05, 3.63) is 53.6 Å². The van der Waals surface area contributed by atoms with Crippen molar-refractivity contribution in [3.8, 4) is 11.5 Å². The highest BCUT2D eigenvalue weighted by Gasteiger charge is 2.50. The Hall–Kier alpha value is -2.52. The average Bonchev–Trinajstić information content (AvgIpc) is 3.16. The van der Waals surface area contributed by atoms with Crippen molar-refractivity contribution < 1.29 is 23.0 Å². The Kier molecular flexibility index (Phi) is 6.99. The van der Waals surface area contributed by atoms with Gasteiger partial charge in [0.25, 0.3) is 0 Å². The molecule has 2 aromatic carbocycles. The fourth-order valence-electron chi connectivity index (χ4n) is 5.21. The molecule has 1 saturated heterocycles.